The Morgan fingerprint density at radius 2 is 1.74 bits per heavy atom. The minimum absolute atomic E-state index is 0. The highest BCUT2D eigenvalue weighted by Crippen LogP contribution is 2.04. The van der Waals surface area contributed by atoms with Crippen molar-refractivity contribution in [1.29, 1.82) is 0 Å². The molecule has 0 aromatic heterocycles. The number of halogens is 1. The van der Waals surface area contributed by atoms with Crippen molar-refractivity contribution in [3.8, 4) is 0 Å². The molecule has 0 aliphatic carbocycles. The van der Waals surface area contributed by atoms with Crippen LogP contribution in [0, 0.1) is 5.92 Å². The van der Waals surface area contributed by atoms with Crippen LogP contribution in [0.3, 0.4) is 0 Å². The third-order valence-corrected chi connectivity index (χ3v) is 2.93. The number of likely N-dealkylation sites (N-methyl/N-ethyl adjacent to an activating group) is 1. The Labute approximate surface area is 134 Å². The zero-order valence-corrected chi connectivity index (χ0v) is 15.2. The van der Waals surface area contributed by atoms with E-state index in [0.29, 0.717) is 5.92 Å². The number of amides is 1. The molecule has 1 amide bonds. The highest BCUT2D eigenvalue weighted by molar-refractivity contribution is 14.0. The van der Waals surface area contributed by atoms with Crippen LogP contribution in [0.4, 0.5) is 0 Å². The van der Waals surface area contributed by atoms with E-state index in [1.165, 1.54) is 0 Å². The monoisotopic (exact) mass is 384 g/mol. The van der Waals surface area contributed by atoms with Gasteiger partial charge in [-0.2, -0.15) is 0 Å². The van der Waals surface area contributed by atoms with Crippen molar-refractivity contribution in [2.75, 3.05) is 33.7 Å². The van der Waals surface area contributed by atoms with Crippen LogP contribution in [0.2, 0.25) is 0 Å². The van der Waals surface area contributed by atoms with Gasteiger partial charge in [-0.3, -0.25) is 4.79 Å². The number of nitrogens with zero attached hydrogens (tertiary/aromatic N) is 2. The highest BCUT2D eigenvalue weighted by Gasteiger charge is 2.06. The third-order valence-electron chi connectivity index (χ3n) is 2.93. The molecular formula is C13H29IN4O. The first-order valence-corrected chi connectivity index (χ1v) is 6.77. The van der Waals surface area contributed by atoms with Gasteiger partial charge in [0.25, 0.3) is 0 Å². The molecule has 19 heavy (non-hydrogen) atoms. The van der Waals surface area contributed by atoms with Gasteiger partial charge in [-0.15, -0.1) is 24.0 Å². The Hall–Kier alpha value is -0.530. The second-order valence-corrected chi connectivity index (χ2v) is 4.55. The summed E-state index contributed by atoms with van der Waals surface area (Å²) in [4.78, 5) is 17.3. The van der Waals surface area contributed by atoms with Crippen molar-refractivity contribution in [3.63, 3.8) is 0 Å². The van der Waals surface area contributed by atoms with Crippen molar-refractivity contribution in [3.05, 3.63) is 0 Å². The first-order chi connectivity index (χ1) is 8.54. The third kappa shape index (κ3) is 9.98. The van der Waals surface area contributed by atoms with E-state index in [-0.39, 0.29) is 36.4 Å². The number of hydrogen-bond acceptors (Lipinski definition) is 2. The van der Waals surface area contributed by atoms with Crippen LogP contribution in [0.5, 0.6) is 0 Å². The summed E-state index contributed by atoms with van der Waals surface area (Å²) in [6.07, 6.45) is 2.30. The van der Waals surface area contributed by atoms with Gasteiger partial charge in [-0.1, -0.05) is 26.7 Å². The fourth-order valence-corrected chi connectivity index (χ4v) is 1.45. The Morgan fingerprint density at radius 1 is 1.16 bits per heavy atom. The van der Waals surface area contributed by atoms with E-state index in [1.807, 2.05) is 6.92 Å². The SMILES string of the molecule is CCNC(=NCC(=O)N(C)C)NCC(CC)CC.I. The maximum Gasteiger partial charge on any atom is 0.243 e. The van der Waals surface area contributed by atoms with Gasteiger partial charge in [0.15, 0.2) is 5.96 Å². The summed E-state index contributed by atoms with van der Waals surface area (Å²) in [5.74, 6) is 1.38. The summed E-state index contributed by atoms with van der Waals surface area (Å²) in [7, 11) is 3.48. The quantitative estimate of drug-likeness (QED) is 0.399. The van der Waals surface area contributed by atoms with Gasteiger partial charge >= 0.3 is 0 Å². The molecule has 114 valence electrons. The van der Waals surface area contributed by atoms with E-state index < -0.39 is 0 Å². The molecule has 0 bridgehead atoms. The molecule has 2 N–H and O–H groups in total. The van der Waals surface area contributed by atoms with Gasteiger partial charge in [-0.05, 0) is 12.8 Å². The van der Waals surface area contributed by atoms with Gasteiger partial charge in [-0.25, -0.2) is 4.99 Å². The van der Waals surface area contributed by atoms with Crippen LogP contribution in [0.25, 0.3) is 0 Å². The van der Waals surface area contributed by atoms with Gasteiger partial charge in [0.05, 0.1) is 0 Å². The second-order valence-electron chi connectivity index (χ2n) is 4.55. The fraction of sp³-hybridized carbons (Fsp3) is 0.846. The summed E-state index contributed by atoms with van der Waals surface area (Å²) < 4.78 is 0. The second kappa shape index (κ2) is 12.5. The molecule has 0 radical (unpaired) electrons. The summed E-state index contributed by atoms with van der Waals surface area (Å²) >= 11 is 0. The van der Waals surface area contributed by atoms with Crippen LogP contribution in [0.15, 0.2) is 4.99 Å². The van der Waals surface area contributed by atoms with Gasteiger partial charge in [0, 0.05) is 27.2 Å². The molecule has 0 saturated carbocycles. The minimum atomic E-state index is 0. The van der Waals surface area contributed by atoms with Crippen LogP contribution >= 0.6 is 24.0 Å². The molecule has 0 spiro atoms. The molecule has 0 aromatic carbocycles. The summed E-state index contributed by atoms with van der Waals surface area (Å²) in [5.41, 5.74) is 0. The van der Waals surface area contributed by atoms with Gasteiger partial charge in [0.2, 0.25) is 5.91 Å². The molecule has 0 aliphatic heterocycles. The molecule has 0 heterocycles. The fourth-order valence-electron chi connectivity index (χ4n) is 1.45. The van der Waals surface area contributed by atoms with E-state index in [0.717, 1.165) is 31.9 Å². The van der Waals surface area contributed by atoms with Crippen LogP contribution in [0.1, 0.15) is 33.6 Å². The number of carbonyl (C=O) groups is 1. The smallest absolute Gasteiger partial charge is 0.243 e. The standard InChI is InChI=1S/C13H28N4O.HI/c1-6-11(7-2)9-15-13(14-8-3)16-10-12(18)17(4)5;/h11H,6-10H2,1-5H3,(H2,14,15,16);1H. The molecule has 0 aromatic rings. The molecule has 0 rings (SSSR count). The van der Waals surface area contributed by atoms with E-state index in [1.54, 1.807) is 19.0 Å². The lowest BCUT2D eigenvalue weighted by atomic mass is 10.0. The molecule has 0 unspecified atom stereocenters. The van der Waals surface area contributed by atoms with Gasteiger partial charge in [0.1, 0.15) is 6.54 Å². The zero-order valence-electron chi connectivity index (χ0n) is 12.8. The maximum absolute atomic E-state index is 11.5. The zero-order chi connectivity index (χ0) is 14.0. The van der Waals surface area contributed by atoms with E-state index >= 15 is 0 Å². The van der Waals surface area contributed by atoms with Crippen molar-refractivity contribution >= 4 is 35.8 Å². The summed E-state index contributed by atoms with van der Waals surface area (Å²) in [6.45, 7) is 8.28. The highest BCUT2D eigenvalue weighted by atomic mass is 127. The van der Waals surface area contributed by atoms with Crippen LogP contribution in [-0.2, 0) is 4.79 Å². The number of nitrogens with one attached hydrogen (secondary N) is 2. The molecule has 5 nitrogen and oxygen atoms in total. The Bertz CT molecular complexity index is 265. The van der Waals surface area contributed by atoms with Crippen molar-refractivity contribution < 1.29 is 4.79 Å². The lowest BCUT2D eigenvalue weighted by Crippen LogP contribution is -2.40. The summed E-state index contributed by atoms with van der Waals surface area (Å²) in [6, 6.07) is 0. The Balaban J connectivity index is 0. The molecular weight excluding hydrogens is 355 g/mol. The normalized spacial score (nSPS) is 10.9. The Morgan fingerprint density at radius 3 is 2.16 bits per heavy atom. The van der Waals surface area contributed by atoms with E-state index in [9.17, 15) is 4.79 Å². The van der Waals surface area contributed by atoms with E-state index in [2.05, 4.69) is 29.5 Å². The first kappa shape index (κ1) is 20.8. The maximum atomic E-state index is 11.5. The predicted octanol–water partition coefficient (Wildman–Crippen LogP) is 1.68. The largest absolute Gasteiger partial charge is 0.357 e. The van der Waals surface area contributed by atoms with Crippen LogP contribution in [-0.4, -0.2) is 50.5 Å². The number of guanidine groups is 1. The van der Waals surface area contributed by atoms with Gasteiger partial charge < -0.3 is 15.5 Å². The predicted molar refractivity (Wildman–Crippen MR) is 92.2 cm³/mol. The number of hydrogen-bond donors (Lipinski definition) is 2. The first-order valence-electron chi connectivity index (χ1n) is 6.77. The Kier molecular flexibility index (Phi) is 13.7. The lowest BCUT2D eigenvalue weighted by Gasteiger charge is -2.16. The lowest BCUT2D eigenvalue weighted by molar-refractivity contribution is -0.127. The molecule has 0 atom stereocenters. The topological polar surface area (TPSA) is 56.7 Å². The number of carbonyl (C=O) groups excluding carboxylic acids is 1. The molecule has 0 aliphatic rings. The van der Waals surface area contributed by atoms with Crippen molar-refractivity contribution in [1.82, 2.24) is 15.5 Å². The van der Waals surface area contributed by atoms with E-state index in [4.69, 9.17) is 0 Å². The van der Waals surface area contributed by atoms with Crippen LogP contribution < -0.4 is 10.6 Å². The average Bonchev–Trinajstić information content (AvgIpc) is 2.36. The number of aliphatic imine (C=N–C) groups is 1. The number of rotatable bonds is 7. The average molecular weight is 384 g/mol. The summed E-state index contributed by atoms with van der Waals surface area (Å²) in [5, 5.41) is 6.43. The van der Waals surface area contributed by atoms with Crippen molar-refractivity contribution in [2.45, 2.75) is 33.6 Å². The molecule has 0 fully saturated rings. The van der Waals surface area contributed by atoms with Crippen molar-refractivity contribution in [2.24, 2.45) is 10.9 Å². The molecule has 6 heteroatoms. The molecule has 0 saturated heterocycles. The minimum Gasteiger partial charge on any atom is -0.357 e.